The molecule has 2 heterocycles. The second-order valence-corrected chi connectivity index (χ2v) is 9.99. The predicted molar refractivity (Wildman–Crippen MR) is 148 cm³/mol. The summed E-state index contributed by atoms with van der Waals surface area (Å²) in [5.41, 5.74) is 6.86. The zero-order valence-corrected chi connectivity index (χ0v) is 21.4. The number of carbonyl (C=O) groups is 1. The van der Waals surface area contributed by atoms with Gasteiger partial charge in [0.05, 0.1) is 10.6 Å². The third-order valence-electron chi connectivity index (χ3n) is 6.31. The number of nitrogens with zero attached hydrogens (tertiary/aromatic N) is 3. The smallest absolute Gasteiger partial charge is 0.272 e. The summed E-state index contributed by atoms with van der Waals surface area (Å²) in [5.74, 6) is -0.0222. The van der Waals surface area contributed by atoms with Gasteiger partial charge in [0.25, 0.3) is 5.91 Å². The number of amides is 1. The van der Waals surface area contributed by atoms with Crippen molar-refractivity contribution in [3.63, 3.8) is 0 Å². The number of carbonyl (C=O) groups excluding carboxylic acids is 1. The summed E-state index contributed by atoms with van der Waals surface area (Å²) >= 11 is 1.63. The van der Waals surface area contributed by atoms with Crippen molar-refractivity contribution in [3.8, 4) is 16.3 Å². The highest BCUT2D eigenvalue weighted by Crippen LogP contribution is 2.28. The Morgan fingerprint density at radius 3 is 2.28 bits per heavy atom. The van der Waals surface area contributed by atoms with Crippen LogP contribution in [0.3, 0.4) is 0 Å². The normalized spacial score (nSPS) is 10.9. The quantitative estimate of drug-likeness (QED) is 0.232. The maximum atomic E-state index is 14.2. The van der Waals surface area contributed by atoms with Crippen molar-refractivity contribution in [1.82, 2.24) is 14.7 Å². The van der Waals surface area contributed by atoms with E-state index in [-0.39, 0.29) is 5.91 Å². The van der Waals surface area contributed by atoms with Crippen LogP contribution in [0.2, 0.25) is 0 Å². The SMILES string of the molecule is Cc1ccc(C)c(-n2nc(-c3cccs3)cc2C(=O)N(CCc2ccccc2)Cc2ccccc2)c1. The molecule has 3 aromatic carbocycles. The van der Waals surface area contributed by atoms with Gasteiger partial charge in [0.15, 0.2) is 0 Å². The molecule has 0 atom stereocenters. The van der Waals surface area contributed by atoms with Gasteiger partial charge in [-0.15, -0.1) is 11.3 Å². The second kappa shape index (κ2) is 10.8. The van der Waals surface area contributed by atoms with Crippen LogP contribution in [-0.4, -0.2) is 27.1 Å². The molecule has 5 rings (SSSR count). The van der Waals surface area contributed by atoms with Gasteiger partial charge in [-0.05, 0) is 66.1 Å². The Morgan fingerprint density at radius 2 is 1.58 bits per heavy atom. The van der Waals surface area contributed by atoms with Crippen molar-refractivity contribution in [2.24, 2.45) is 0 Å². The molecule has 0 N–H and O–H groups in total. The number of aryl methyl sites for hydroxylation is 2. The standard InChI is InChI=1S/C31H29N3OS/c1-23-15-16-24(2)28(20-23)34-29(21-27(32-34)30-14-9-19-36-30)31(35)33(22-26-12-7-4-8-13-26)18-17-25-10-5-3-6-11-25/h3-16,19-21H,17-18,22H2,1-2H3. The van der Waals surface area contributed by atoms with E-state index in [9.17, 15) is 4.79 Å². The highest BCUT2D eigenvalue weighted by Gasteiger charge is 2.24. The van der Waals surface area contributed by atoms with Crippen molar-refractivity contribution in [2.75, 3.05) is 6.54 Å². The fourth-order valence-corrected chi connectivity index (χ4v) is 5.02. The minimum atomic E-state index is -0.0222. The number of rotatable bonds is 8. The van der Waals surface area contributed by atoms with Crippen LogP contribution in [0.1, 0.15) is 32.7 Å². The topological polar surface area (TPSA) is 38.1 Å². The van der Waals surface area contributed by atoms with Crippen molar-refractivity contribution in [2.45, 2.75) is 26.8 Å². The Kier molecular flexibility index (Phi) is 7.10. The van der Waals surface area contributed by atoms with Gasteiger partial charge in [-0.25, -0.2) is 4.68 Å². The third-order valence-corrected chi connectivity index (χ3v) is 7.20. The van der Waals surface area contributed by atoms with Gasteiger partial charge in [0.1, 0.15) is 11.4 Å². The van der Waals surface area contributed by atoms with E-state index in [1.165, 1.54) is 5.56 Å². The Labute approximate surface area is 216 Å². The van der Waals surface area contributed by atoms with Crippen LogP contribution < -0.4 is 0 Å². The summed E-state index contributed by atoms with van der Waals surface area (Å²) < 4.78 is 1.83. The highest BCUT2D eigenvalue weighted by molar-refractivity contribution is 7.13. The molecule has 5 heteroatoms. The highest BCUT2D eigenvalue weighted by atomic mass is 32.1. The lowest BCUT2D eigenvalue weighted by molar-refractivity contribution is 0.0736. The minimum Gasteiger partial charge on any atom is -0.333 e. The number of benzene rings is 3. The zero-order valence-electron chi connectivity index (χ0n) is 20.6. The van der Waals surface area contributed by atoms with Gasteiger partial charge in [-0.3, -0.25) is 4.79 Å². The fraction of sp³-hybridized carbons (Fsp3) is 0.161. The summed E-state index contributed by atoms with van der Waals surface area (Å²) in [7, 11) is 0. The Bertz CT molecular complexity index is 1440. The molecule has 5 aromatic rings. The van der Waals surface area contributed by atoms with E-state index in [1.807, 2.05) is 69.6 Å². The lowest BCUT2D eigenvalue weighted by Gasteiger charge is -2.24. The maximum Gasteiger partial charge on any atom is 0.272 e. The molecule has 0 aliphatic carbocycles. The van der Waals surface area contributed by atoms with Crippen LogP contribution in [0, 0.1) is 13.8 Å². The van der Waals surface area contributed by atoms with E-state index in [0.717, 1.165) is 39.4 Å². The van der Waals surface area contributed by atoms with E-state index >= 15 is 0 Å². The molecule has 0 saturated carbocycles. The van der Waals surface area contributed by atoms with Gasteiger partial charge in [0.2, 0.25) is 0 Å². The van der Waals surface area contributed by atoms with Gasteiger partial charge < -0.3 is 4.90 Å². The Balaban J connectivity index is 1.55. The number of thiophene rings is 1. The largest absolute Gasteiger partial charge is 0.333 e. The molecule has 4 nitrogen and oxygen atoms in total. The molecule has 0 unspecified atom stereocenters. The average Bonchev–Trinajstić information content (AvgIpc) is 3.59. The zero-order chi connectivity index (χ0) is 24.9. The van der Waals surface area contributed by atoms with Crippen LogP contribution in [0.15, 0.2) is 102 Å². The molecular formula is C31H29N3OS. The first kappa shape index (κ1) is 23.8. The monoisotopic (exact) mass is 491 g/mol. The molecule has 1 amide bonds. The molecular weight excluding hydrogens is 462 g/mol. The molecule has 0 radical (unpaired) electrons. The van der Waals surface area contributed by atoms with Crippen molar-refractivity contribution in [3.05, 3.63) is 130 Å². The lowest BCUT2D eigenvalue weighted by Crippen LogP contribution is -2.34. The first-order valence-corrected chi connectivity index (χ1v) is 13.0. The molecule has 0 bridgehead atoms. The fourth-order valence-electron chi connectivity index (χ4n) is 4.34. The molecule has 0 saturated heterocycles. The predicted octanol–water partition coefficient (Wildman–Crippen LogP) is 7.10. The minimum absolute atomic E-state index is 0.0222. The molecule has 0 aliphatic heterocycles. The van der Waals surface area contributed by atoms with Crippen LogP contribution in [0.4, 0.5) is 0 Å². The van der Waals surface area contributed by atoms with E-state index in [1.54, 1.807) is 11.3 Å². The number of aromatic nitrogens is 2. The summed E-state index contributed by atoms with van der Waals surface area (Å²) in [5, 5.41) is 6.97. The summed E-state index contributed by atoms with van der Waals surface area (Å²) in [6.45, 7) is 5.28. The van der Waals surface area contributed by atoms with Gasteiger partial charge in [-0.2, -0.15) is 5.10 Å². The van der Waals surface area contributed by atoms with Gasteiger partial charge in [0, 0.05) is 13.1 Å². The van der Waals surface area contributed by atoms with E-state index in [4.69, 9.17) is 5.10 Å². The molecule has 0 fully saturated rings. The molecule has 180 valence electrons. The molecule has 36 heavy (non-hydrogen) atoms. The van der Waals surface area contributed by atoms with Crippen molar-refractivity contribution < 1.29 is 4.79 Å². The molecule has 2 aromatic heterocycles. The van der Waals surface area contributed by atoms with Crippen molar-refractivity contribution >= 4 is 17.2 Å². The third kappa shape index (κ3) is 5.31. The van der Waals surface area contributed by atoms with Crippen LogP contribution in [-0.2, 0) is 13.0 Å². The van der Waals surface area contributed by atoms with E-state index < -0.39 is 0 Å². The van der Waals surface area contributed by atoms with Gasteiger partial charge >= 0.3 is 0 Å². The average molecular weight is 492 g/mol. The first-order chi connectivity index (χ1) is 17.6. The van der Waals surface area contributed by atoms with Gasteiger partial charge in [-0.1, -0.05) is 78.9 Å². The van der Waals surface area contributed by atoms with E-state index in [0.29, 0.717) is 18.8 Å². The summed E-state index contributed by atoms with van der Waals surface area (Å²) in [6.07, 6.45) is 0.787. The lowest BCUT2D eigenvalue weighted by atomic mass is 10.1. The van der Waals surface area contributed by atoms with Crippen LogP contribution in [0.5, 0.6) is 0 Å². The van der Waals surface area contributed by atoms with Crippen LogP contribution >= 0.6 is 11.3 Å². The van der Waals surface area contributed by atoms with E-state index in [2.05, 4.69) is 56.3 Å². The first-order valence-electron chi connectivity index (χ1n) is 12.2. The maximum absolute atomic E-state index is 14.2. The Morgan fingerprint density at radius 1 is 0.861 bits per heavy atom. The summed E-state index contributed by atoms with van der Waals surface area (Å²) in [4.78, 5) is 17.2. The molecule has 0 aliphatic rings. The van der Waals surface area contributed by atoms with Crippen LogP contribution in [0.25, 0.3) is 16.3 Å². The molecule has 0 spiro atoms. The number of hydrogen-bond donors (Lipinski definition) is 0. The Hall–Kier alpha value is -3.96. The summed E-state index contributed by atoms with van der Waals surface area (Å²) in [6, 6.07) is 32.8. The number of hydrogen-bond acceptors (Lipinski definition) is 3. The van der Waals surface area contributed by atoms with Crippen molar-refractivity contribution in [1.29, 1.82) is 0 Å². The second-order valence-electron chi connectivity index (χ2n) is 9.04.